The molecule has 1 heterocycles. The zero-order chi connectivity index (χ0) is 16.1. The standard InChI is InChI=1S/C19H29N3O/c1-15-9-13-22(14-10-15)12-4-11-20-19(23)21-18-8-7-16-5-2-3-6-17(16)18/h2-3,5-6,15,18H,4,7-14H2,1H3,(H2,20,21,23)/t18-/m1/s1. The number of hydrogen-bond acceptors (Lipinski definition) is 2. The lowest BCUT2D eigenvalue weighted by Gasteiger charge is -2.30. The topological polar surface area (TPSA) is 44.4 Å². The van der Waals surface area contributed by atoms with Crippen LogP contribution < -0.4 is 10.6 Å². The molecular weight excluding hydrogens is 286 g/mol. The van der Waals surface area contributed by atoms with E-state index >= 15 is 0 Å². The second-order valence-electron chi connectivity index (χ2n) is 7.07. The molecule has 1 aliphatic heterocycles. The fourth-order valence-corrected chi connectivity index (χ4v) is 3.71. The highest BCUT2D eigenvalue weighted by Gasteiger charge is 2.23. The van der Waals surface area contributed by atoms with Gasteiger partial charge in [-0.2, -0.15) is 0 Å². The van der Waals surface area contributed by atoms with E-state index in [-0.39, 0.29) is 12.1 Å². The molecule has 2 amide bonds. The van der Waals surface area contributed by atoms with Gasteiger partial charge in [-0.3, -0.25) is 0 Å². The van der Waals surface area contributed by atoms with Crippen molar-refractivity contribution in [2.45, 2.75) is 45.1 Å². The molecule has 2 aliphatic rings. The van der Waals surface area contributed by atoms with Gasteiger partial charge in [-0.25, -0.2) is 4.79 Å². The number of piperidine rings is 1. The molecule has 1 fully saturated rings. The predicted octanol–water partition coefficient (Wildman–Crippen LogP) is 3.10. The summed E-state index contributed by atoms with van der Waals surface area (Å²) in [6, 6.07) is 8.56. The number of carbonyl (C=O) groups is 1. The Hall–Kier alpha value is -1.55. The first-order valence-corrected chi connectivity index (χ1v) is 9.07. The summed E-state index contributed by atoms with van der Waals surface area (Å²) in [4.78, 5) is 14.6. The van der Waals surface area contributed by atoms with Gasteiger partial charge in [0.15, 0.2) is 0 Å². The molecule has 0 radical (unpaired) electrons. The van der Waals surface area contributed by atoms with Crippen LogP contribution in [0.4, 0.5) is 4.79 Å². The first-order valence-electron chi connectivity index (χ1n) is 9.07. The lowest BCUT2D eigenvalue weighted by molar-refractivity contribution is 0.190. The van der Waals surface area contributed by atoms with Gasteiger partial charge in [0.05, 0.1) is 6.04 Å². The Morgan fingerprint density at radius 3 is 2.83 bits per heavy atom. The summed E-state index contributed by atoms with van der Waals surface area (Å²) >= 11 is 0. The van der Waals surface area contributed by atoms with E-state index in [2.05, 4.69) is 46.7 Å². The molecule has 1 aromatic rings. The number of benzene rings is 1. The number of rotatable bonds is 5. The van der Waals surface area contributed by atoms with Gasteiger partial charge < -0.3 is 15.5 Å². The summed E-state index contributed by atoms with van der Waals surface area (Å²) in [5.74, 6) is 0.879. The number of nitrogens with zero attached hydrogens (tertiary/aromatic N) is 1. The van der Waals surface area contributed by atoms with E-state index in [0.29, 0.717) is 0 Å². The average molecular weight is 315 g/mol. The van der Waals surface area contributed by atoms with Crippen molar-refractivity contribution in [3.63, 3.8) is 0 Å². The van der Waals surface area contributed by atoms with Crippen molar-refractivity contribution in [3.8, 4) is 0 Å². The number of amides is 2. The molecule has 4 heteroatoms. The van der Waals surface area contributed by atoms with Crippen LogP contribution in [0.2, 0.25) is 0 Å². The molecule has 4 nitrogen and oxygen atoms in total. The largest absolute Gasteiger partial charge is 0.338 e. The van der Waals surface area contributed by atoms with Crippen molar-refractivity contribution in [2.75, 3.05) is 26.2 Å². The average Bonchev–Trinajstić information content (AvgIpc) is 2.96. The first-order chi connectivity index (χ1) is 11.2. The molecule has 0 bridgehead atoms. The van der Waals surface area contributed by atoms with Gasteiger partial charge in [0.1, 0.15) is 0 Å². The minimum absolute atomic E-state index is 0.0287. The zero-order valence-electron chi connectivity index (χ0n) is 14.2. The second kappa shape index (κ2) is 7.82. The molecule has 1 saturated heterocycles. The fourth-order valence-electron chi connectivity index (χ4n) is 3.71. The molecule has 0 aromatic heterocycles. The Balaban J connectivity index is 1.33. The highest BCUT2D eigenvalue weighted by atomic mass is 16.2. The van der Waals surface area contributed by atoms with Crippen LogP contribution >= 0.6 is 0 Å². The number of fused-ring (bicyclic) bond motifs is 1. The van der Waals surface area contributed by atoms with Crippen molar-refractivity contribution >= 4 is 6.03 Å². The third kappa shape index (κ3) is 4.47. The summed E-state index contributed by atoms with van der Waals surface area (Å²) in [7, 11) is 0. The summed E-state index contributed by atoms with van der Waals surface area (Å²) < 4.78 is 0. The van der Waals surface area contributed by atoms with Gasteiger partial charge in [0.25, 0.3) is 0 Å². The Kier molecular flexibility index (Phi) is 5.55. The zero-order valence-corrected chi connectivity index (χ0v) is 14.2. The van der Waals surface area contributed by atoms with E-state index in [4.69, 9.17) is 0 Å². The number of likely N-dealkylation sites (tertiary alicyclic amines) is 1. The first kappa shape index (κ1) is 16.3. The van der Waals surface area contributed by atoms with Crippen LogP contribution in [0.3, 0.4) is 0 Å². The lowest BCUT2D eigenvalue weighted by atomic mass is 9.99. The van der Waals surface area contributed by atoms with Crippen LogP contribution in [0.15, 0.2) is 24.3 Å². The molecule has 1 atom stereocenters. The van der Waals surface area contributed by atoms with Crippen LogP contribution in [0.1, 0.15) is 49.8 Å². The van der Waals surface area contributed by atoms with Crippen molar-refractivity contribution in [2.24, 2.45) is 5.92 Å². The van der Waals surface area contributed by atoms with Crippen LogP contribution in [-0.2, 0) is 6.42 Å². The Bertz CT molecular complexity index is 523. The van der Waals surface area contributed by atoms with E-state index in [0.717, 1.165) is 38.3 Å². The Morgan fingerprint density at radius 1 is 1.22 bits per heavy atom. The minimum Gasteiger partial charge on any atom is -0.338 e. The second-order valence-corrected chi connectivity index (χ2v) is 7.07. The normalized spacial score (nSPS) is 21.9. The monoisotopic (exact) mass is 315 g/mol. The van der Waals surface area contributed by atoms with Crippen molar-refractivity contribution < 1.29 is 4.79 Å². The number of aryl methyl sites for hydroxylation is 1. The van der Waals surface area contributed by atoms with Crippen LogP contribution in [0.5, 0.6) is 0 Å². The molecule has 3 rings (SSSR count). The highest BCUT2D eigenvalue weighted by Crippen LogP contribution is 2.30. The maximum atomic E-state index is 12.1. The molecule has 0 spiro atoms. The van der Waals surface area contributed by atoms with Crippen LogP contribution in [-0.4, -0.2) is 37.1 Å². The minimum atomic E-state index is -0.0287. The number of nitrogens with one attached hydrogen (secondary N) is 2. The molecule has 23 heavy (non-hydrogen) atoms. The highest BCUT2D eigenvalue weighted by molar-refractivity contribution is 5.74. The molecule has 0 saturated carbocycles. The summed E-state index contributed by atoms with van der Waals surface area (Å²) in [5, 5.41) is 6.13. The van der Waals surface area contributed by atoms with Crippen molar-refractivity contribution in [1.82, 2.24) is 15.5 Å². The van der Waals surface area contributed by atoms with Gasteiger partial charge >= 0.3 is 6.03 Å². The van der Waals surface area contributed by atoms with E-state index in [9.17, 15) is 4.79 Å². The van der Waals surface area contributed by atoms with Gasteiger partial charge in [0, 0.05) is 6.54 Å². The van der Waals surface area contributed by atoms with Crippen LogP contribution in [0.25, 0.3) is 0 Å². The van der Waals surface area contributed by atoms with Gasteiger partial charge in [-0.1, -0.05) is 31.2 Å². The molecule has 2 N–H and O–H groups in total. The summed E-state index contributed by atoms with van der Waals surface area (Å²) in [5.41, 5.74) is 2.65. The molecule has 1 aromatic carbocycles. The van der Waals surface area contributed by atoms with Crippen LogP contribution in [0, 0.1) is 5.92 Å². The third-order valence-corrected chi connectivity index (χ3v) is 5.25. The van der Waals surface area contributed by atoms with E-state index < -0.39 is 0 Å². The van der Waals surface area contributed by atoms with Gasteiger partial charge in [0.2, 0.25) is 0 Å². The molecule has 1 aliphatic carbocycles. The van der Waals surface area contributed by atoms with E-state index in [1.807, 2.05) is 0 Å². The Morgan fingerprint density at radius 2 is 2.00 bits per heavy atom. The van der Waals surface area contributed by atoms with E-state index in [1.54, 1.807) is 0 Å². The number of hydrogen-bond donors (Lipinski definition) is 2. The molecular formula is C19H29N3O. The predicted molar refractivity (Wildman–Crippen MR) is 93.5 cm³/mol. The number of carbonyl (C=O) groups excluding carboxylic acids is 1. The lowest BCUT2D eigenvalue weighted by Crippen LogP contribution is -2.39. The van der Waals surface area contributed by atoms with Gasteiger partial charge in [-0.15, -0.1) is 0 Å². The fraction of sp³-hybridized carbons (Fsp3) is 0.632. The van der Waals surface area contributed by atoms with Gasteiger partial charge in [-0.05, 0) is 68.8 Å². The third-order valence-electron chi connectivity index (χ3n) is 5.25. The Labute approximate surface area is 139 Å². The maximum Gasteiger partial charge on any atom is 0.315 e. The SMILES string of the molecule is CC1CCN(CCCNC(=O)N[C@@H]2CCc3ccccc32)CC1. The molecule has 0 unspecified atom stereocenters. The van der Waals surface area contributed by atoms with Crippen molar-refractivity contribution in [1.29, 1.82) is 0 Å². The van der Waals surface area contributed by atoms with E-state index in [1.165, 1.54) is 37.1 Å². The maximum absolute atomic E-state index is 12.1. The summed E-state index contributed by atoms with van der Waals surface area (Å²) in [6.07, 6.45) is 5.74. The van der Waals surface area contributed by atoms with Crippen molar-refractivity contribution in [3.05, 3.63) is 35.4 Å². The quantitative estimate of drug-likeness (QED) is 0.820. The molecule has 126 valence electrons. The summed E-state index contributed by atoms with van der Waals surface area (Å²) in [6.45, 7) is 6.62. The number of urea groups is 1. The smallest absolute Gasteiger partial charge is 0.315 e.